The first-order valence-corrected chi connectivity index (χ1v) is 20.6. The minimum absolute atomic E-state index is 0.205. The number of aromatic nitrogens is 4. The number of morpholine rings is 2. The van der Waals surface area contributed by atoms with Gasteiger partial charge in [-0.2, -0.15) is 0 Å². The highest BCUT2D eigenvalue weighted by molar-refractivity contribution is 5.88. The molecule has 0 saturated carbocycles. The summed E-state index contributed by atoms with van der Waals surface area (Å²) in [6.07, 6.45) is 1.93. The number of amides is 4. The molecule has 6 aromatic rings. The normalized spacial score (nSPS) is 17.7. The summed E-state index contributed by atoms with van der Waals surface area (Å²) in [7, 11) is 2.50. The predicted molar refractivity (Wildman–Crippen MR) is 228 cm³/mol. The van der Waals surface area contributed by atoms with Crippen molar-refractivity contribution in [1.29, 1.82) is 0 Å². The van der Waals surface area contributed by atoms with E-state index in [1.54, 1.807) is 70.7 Å². The van der Waals surface area contributed by atoms with Crippen molar-refractivity contribution < 1.29 is 47.6 Å². The Bertz CT molecular complexity index is 2470. The van der Waals surface area contributed by atoms with Gasteiger partial charge >= 0.3 is 12.2 Å². The fourth-order valence-corrected chi connectivity index (χ4v) is 7.96. The maximum absolute atomic E-state index is 14.1. The number of aromatic amines is 2. The van der Waals surface area contributed by atoms with Crippen molar-refractivity contribution in [3.63, 3.8) is 0 Å². The Labute approximate surface area is 366 Å². The van der Waals surface area contributed by atoms with Gasteiger partial charge in [-0.1, -0.05) is 60.7 Å². The highest BCUT2D eigenvalue weighted by Gasteiger charge is 2.38. The van der Waals surface area contributed by atoms with Crippen LogP contribution in [-0.4, -0.2) is 107 Å². The number of alkyl carbamates (subject to hydrolysis) is 2. The number of carbonyl (C=O) groups excluding carboxylic acids is 4. The maximum atomic E-state index is 14.1. The van der Waals surface area contributed by atoms with Crippen molar-refractivity contribution in [3.05, 3.63) is 132 Å². The molecule has 2 aromatic heterocycles. The molecule has 328 valence electrons. The predicted octanol–water partition coefficient (Wildman–Crippen LogP) is 6.36. The quantitative estimate of drug-likeness (QED) is 0.118. The molecule has 18 nitrogen and oxygen atoms in total. The number of carbonyl (C=O) groups is 4. The van der Waals surface area contributed by atoms with Gasteiger partial charge in [0.2, 0.25) is 0 Å². The number of benzene rings is 4. The van der Waals surface area contributed by atoms with Gasteiger partial charge in [0.1, 0.15) is 35.8 Å². The molecule has 4 aromatic carbocycles. The van der Waals surface area contributed by atoms with Gasteiger partial charge in [-0.05, 0) is 47.5 Å². The lowest BCUT2D eigenvalue weighted by atomic mass is 10.0. The van der Waals surface area contributed by atoms with Gasteiger partial charge in [-0.3, -0.25) is 9.59 Å². The summed E-state index contributed by atoms with van der Waals surface area (Å²) in [5, 5.41) is 5.36. The lowest BCUT2D eigenvalue weighted by Gasteiger charge is -2.36. The highest BCUT2D eigenvalue weighted by Crippen LogP contribution is 2.48. The number of nitrogens with zero attached hydrogens (tertiary/aromatic N) is 4. The smallest absolute Gasteiger partial charge is 0.407 e. The zero-order valence-electron chi connectivity index (χ0n) is 34.8. The number of ether oxygens (including phenoxy) is 6. The molecule has 4 amide bonds. The summed E-state index contributed by atoms with van der Waals surface area (Å²) >= 11 is 0. The van der Waals surface area contributed by atoms with Gasteiger partial charge in [0.25, 0.3) is 11.8 Å². The fraction of sp³-hybridized carbons (Fsp3) is 0.261. The van der Waals surface area contributed by atoms with E-state index in [-0.39, 0.29) is 25.0 Å². The van der Waals surface area contributed by atoms with Gasteiger partial charge in [-0.15, -0.1) is 0 Å². The summed E-state index contributed by atoms with van der Waals surface area (Å²) in [4.78, 5) is 72.1. The lowest BCUT2D eigenvalue weighted by Crippen LogP contribution is -2.49. The third-order valence-electron chi connectivity index (χ3n) is 11.2. The molecule has 5 heterocycles. The molecule has 18 heteroatoms. The molecule has 0 bridgehead atoms. The first kappa shape index (κ1) is 41.6. The van der Waals surface area contributed by atoms with Crippen molar-refractivity contribution in [2.24, 2.45) is 0 Å². The third-order valence-corrected chi connectivity index (χ3v) is 11.2. The molecule has 4 atom stereocenters. The van der Waals surface area contributed by atoms with Crippen molar-refractivity contribution in [2.75, 3.05) is 53.7 Å². The van der Waals surface area contributed by atoms with E-state index in [9.17, 15) is 19.2 Å². The van der Waals surface area contributed by atoms with E-state index in [4.69, 9.17) is 28.4 Å². The number of hydrogen-bond donors (Lipinski definition) is 4. The SMILES string of the molecule is COC(=O)N[C@@H](C(=O)N1CCOC[C@H]1c1ncc(-c2ccc3c(c2)Oc2ccc(-c4cnc([C@@H]5COCCN5C(=O)[C@H](NC(=O)OC)c5ccccc5)[nH]4)cc2O3)[nH]1)c1ccccc1. The molecule has 3 aliphatic heterocycles. The van der Waals surface area contributed by atoms with Crippen LogP contribution in [0, 0.1) is 0 Å². The van der Waals surface area contributed by atoms with Crippen molar-refractivity contribution >= 4 is 24.0 Å². The summed E-state index contributed by atoms with van der Waals surface area (Å²) in [6.45, 7) is 1.65. The van der Waals surface area contributed by atoms with Crippen LogP contribution < -0.4 is 20.1 Å². The van der Waals surface area contributed by atoms with E-state index in [0.717, 1.165) is 11.1 Å². The van der Waals surface area contributed by atoms with Gasteiger partial charge in [0, 0.05) is 24.2 Å². The molecule has 0 spiro atoms. The van der Waals surface area contributed by atoms with E-state index in [0.29, 0.717) is 83.5 Å². The zero-order valence-corrected chi connectivity index (χ0v) is 34.8. The molecule has 9 rings (SSSR count). The van der Waals surface area contributed by atoms with E-state index >= 15 is 0 Å². The Morgan fingerprint density at radius 2 is 1.03 bits per heavy atom. The van der Waals surface area contributed by atoms with E-state index in [1.807, 2.05) is 48.5 Å². The van der Waals surface area contributed by atoms with Crippen LogP contribution in [0.1, 0.15) is 46.9 Å². The molecule has 2 fully saturated rings. The maximum Gasteiger partial charge on any atom is 0.407 e. The molecule has 0 aliphatic carbocycles. The van der Waals surface area contributed by atoms with Crippen molar-refractivity contribution in [2.45, 2.75) is 24.2 Å². The zero-order chi connectivity index (χ0) is 44.2. The minimum atomic E-state index is -0.977. The van der Waals surface area contributed by atoms with Crippen molar-refractivity contribution in [3.8, 4) is 45.5 Å². The Kier molecular flexibility index (Phi) is 11.9. The van der Waals surface area contributed by atoms with E-state index in [1.165, 1.54) is 14.2 Å². The van der Waals surface area contributed by atoms with Gasteiger partial charge < -0.3 is 58.8 Å². The van der Waals surface area contributed by atoms with Gasteiger partial charge in [0.15, 0.2) is 23.0 Å². The molecular formula is C46H44N8O10. The average molecular weight is 869 g/mol. The summed E-state index contributed by atoms with van der Waals surface area (Å²) < 4.78 is 33.9. The number of fused-ring (bicyclic) bond motifs is 2. The van der Waals surface area contributed by atoms with Gasteiger partial charge in [0.05, 0.1) is 64.4 Å². The molecule has 4 N–H and O–H groups in total. The van der Waals surface area contributed by atoms with Crippen LogP contribution in [0.2, 0.25) is 0 Å². The second kappa shape index (κ2) is 18.3. The lowest BCUT2D eigenvalue weighted by molar-refractivity contribution is -0.143. The Balaban J connectivity index is 0.897. The minimum Gasteiger partial charge on any atom is -0.453 e. The molecule has 3 aliphatic rings. The van der Waals surface area contributed by atoms with Crippen LogP contribution in [0.4, 0.5) is 9.59 Å². The van der Waals surface area contributed by atoms with Crippen LogP contribution >= 0.6 is 0 Å². The number of H-pyrrole nitrogens is 2. The summed E-state index contributed by atoms with van der Waals surface area (Å²) in [6, 6.07) is 26.0. The average Bonchev–Trinajstić information content (AvgIpc) is 4.06. The van der Waals surface area contributed by atoms with E-state index in [2.05, 4.69) is 30.6 Å². The number of nitrogens with one attached hydrogen (secondary N) is 4. The monoisotopic (exact) mass is 868 g/mol. The Morgan fingerprint density at radius 1 is 0.609 bits per heavy atom. The van der Waals surface area contributed by atoms with Crippen LogP contribution in [0.5, 0.6) is 23.0 Å². The molecule has 0 radical (unpaired) electrons. The first-order chi connectivity index (χ1) is 31.3. The van der Waals surface area contributed by atoms with Crippen molar-refractivity contribution in [1.82, 2.24) is 40.4 Å². The Morgan fingerprint density at radius 3 is 1.44 bits per heavy atom. The molecular weight excluding hydrogens is 825 g/mol. The highest BCUT2D eigenvalue weighted by atomic mass is 16.6. The standard InChI is InChI=1S/C46H44N8O10/c1-59-45(57)51-39(27-9-5-3-6-10-27)43(55)53-17-19-61-25-33(53)41-47-23-31(49-41)29-13-15-35-37(21-29)63-36-16-14-30(22-38(36)64-35)32-24-48-42(50-32)34-26-62-20-18-54(34)44(56)40(52-46(58)60-2)28-11-7-4-8-12-28/h3-16,21-24,33-34,39-40H,17-20,25-26H2,1-2H3,(H,47,49)(H,48,50)(H,51,57)(H,52,58)/t33-,34-,39+,40+/m0/s1. The second-order valence-corrected chi connectivity index (χ2v) is 15.1. The molecule has 64 heavy (non-hydrogen) atoms. The topological polar surface area (TPSA) is 212 Å². The van der Waals surface area contributed by atoms with Crippen LogP contribution in [0.15, 0.2) is 109 Å². The number of methoxy groups -OCH3 is 2. The second-order valence-electron chi connectivity index (χ2n) is 15.1. The largest absolute Gasteiger partial charge is 0.453 e. The first-order valence-electron chi connectivity index (χ1n) is 20.6. The molecule has 0 unspecified atom stereocenters. The number of imidazole rings is 2. The Hall–Kier alpha value is -7.70. The van der Waals surface area contributed by atoms with Crippen LogP contribution in [0.3, 0.4) is 0 Å². The third kappa shape index (κ3) is 8.55. The van der Waals surface area contributed by atoms with Crippen LogP contribution in [-0.2, 0) is 28.5 Å². The summed E-state index contributed by atoms with van der Waals surface area (Å²) in [5.74, 6) is 2.39. The molecule has 2 saturated heterocycles. The van der Waals surface area contributed by atoms with Crippen LogP contribution in [0.25, 0.3) is 22.5 Å². The number of hydrogen-bond acceptors (Lipinski definition) is 12. The summed E-state index contributed by atoms with van der Waals surface area (Å²) in [5.41, 5.74) is 4.13. The van der Waals surface area contributed by atoms with E-state index < -0.39 is 36.4 Å². The number of rotatable bonds is 10. The fourth-order valence-electron chi connectivity index (χ4n) is 7.96. The van der Waals surface area contributed by atoms with Gasteiger partial charge in [-0.25, -0.2) is 19.6 Å².